The second-order valence-corrected chi connectivity index (χ2v) is 8.36. The number of amides is 1. The Morgan fingerprint density at radius 3 is 2.57 bits per heavy atom. The lowest BCUT2D eigenvalue weighted by Gasteiger charge is -2.36. The number of aromatic amines is 1. The lowest BCUT2D eigenvalue weighted by Crippen LogP contribution is -2.49. The highest BCUT2D eigenvalue weighted by Gasteiger charge is 2.31. The fourth-order valence-corrected chi connectivity index (χ4v) is 4.57. The molecule has 0 atom stereocenters. The molecule has 0 unspecified atom stereocenters. The molecule has 0 bridgehead atoms. The Bertz CT molecular complexity index is 1190. The highest BCUT2D eigenvalue weighted by molar-refractivity contribution is 6.00. The molecule has 1 amide bonds. The van der Waals surface area contributed by atoms with Gasteiger partial charge in [-0.05, 0) is 24.3 Å². The third kappa shape index (κ3) is 3.21. The summed E-state index contributed by atoms with van der Waals surface area (Å²) in [5.74, 6) is 3.24. The number of hydrogen-bond donors (Lipinski definition) is 1. The van der Waals surface area contributed by atoms with Gasteiger partial charge in [0.2, 0.25) is 0 Å². The van der Waals surface area contributed by atoms with E-state index < -0.39 is 0 Å². The molecule has 1 saturated heterocycles. The number of H-pyrrole nitrogens is 1. The van der Waals surface area contributed by atoms with Crippen LogP contribution in [0.4, 0.5) is 0 Å². The lowest BCUT2D eigenvalue weighted by molar-refractivity contribution is 0.0581. The monoisotopic (exact) mass is 400 g/mol. The summed E-state index contributed by atoms with van der Waals surface area (Å²) in [5, 5.41) is 2.85. The molecule has 6 nitrogen and oxygen atoms in total. The maximum absolute atomic E-state index is 12.8. The largest absolute Gasteiger partial charge is 0.336 e. The molecule has 5 rings (SSSR count). The highest BCUT2D eigenvalue weighted by atomic mass is 16.2. The topological polar surface area (TPSA) is 70.5 Å². The third-order valence-corrected chi connectivity index (χ3v) is 6.42. The number of carbonyl (C=O) groups excluding carboxylic acids is 1. The van der Waals surface area contributed by atoms with Crippen LogP contribution in [-0.4, -0.2) is 38.5 Å². The molecule has 0 spiro atoms. The van der Waals surface area contributed by atoms with Crippen molar-refractivity contribution in [2.45, 2.75) is 38.0 Å². The molecule has 2 fully saturated rings. The second kappa shape index (κ2) is 7.49. The van der Waals surface area contributed by atoms with Crippen LogP contribution >= 0.6 is 0 Å². The predicted octanol–water partition coefficient (Wildman–Crippen LogP) is 3.44. The van der Waals surface area contributed by atoms with E-state index in [2.05, 4.69) is 28.1 Å². The smallest absolute Gasteiger partial charge is 0.273 e. The highest BCUT2D eigenvalue weighted by Crippen LogP contribution is 2.33. The number of benzene rings is 1. The van der Waals surface area contributed by atoms with Crippen LogP contribution in [-0.2, 0) is 0 Å². The number of nitrogens with one attached hydrogen (secondary N) is 1. The predicted molar refractivity (Wildman–Crippen MR) is 115 cm³/mol. The van der Waals surface area contributed by atoms with Gasteiger partial charge in [0, 0.05) is 30.9 Å². The zero-order valence-corrected chi connectivity index (χ0v) is 16.8. The third-order valence-electron chi connectivity index (χ3n) is 6.42. The minimum Gasteiger partial charge on any atom is -0.336 e. The molecule has 30 heavy (non-hydrogen) atoms. The summed E-state index contributed by atoms with van der Waals surface area (Å²) in [7, 11) is 0. The molecule has 0 radical (unpaired) electrons. The van der Waals surface area contributed by atoms with Gasteiger partial charge >= 0.3 is 0 Å². The number of hydrogen-bond acceptors (Lipinski definition) is 3. The molecule has 3 heterocycles. The Kier molecular flexibility index (Phi) is 4.66. The van der Waals surface area contributed by atoms with Gasteiger partial charge in [-0.3, -0.25) is 14.7 Å². The van der Waals surface area contributed by atoms with Crippen molar-refractivity contribution in [3.05, 3.63) is 58.0 Å². The molecule has 1 aromatic carbocycles. The van der Waals surface area contributed by atoms with Gasteiger partial charge in [0.25, 0.3) is 11.5 Å². The SMILES string of the molecule is C#CC1CN(C(=O)c2c[nH]n3c(=O)cc(-c4ccc(C5CCCCC5)cc4)nc23)C1. The van der Waals surface area contributed by atoms with E-state index in [9.17, 15) is 9.59 Å². The van der Waals surface area contributed by atoms with Crippen molar-refractivity contribution >= 4 is 11.6 Å². The summed E-state index contributed by atoms with van der Waals surface area (Å²) in [5.41, 5.74) is 3.32. The Hall–Kier alpha value is -3.33. The van der Waals surface area contributed by atoms with E-state index in [-0.39, 0.29) is 17.4 Å². The van der Waals surface area contributed by atoms with Crippen molar-refractivity contribution in [1.82, 2.24) is 19.5 Å². The molecular weight excluding hydrogens is 376 g/mol. The zero-order valence-electron chi connectivity index (χ0n) is 16.8. The van der Waals surface area contributed by atoms with Crippen LogP contribution in [0.3, 0.4) is 0 Å². The molecule has 3 aromatic rings. The Balaban J connectivity index is 1.46. The molecule has 1 N–H and O–H groups in total. The number of likely N-dealkylation sites (tertiary alicyclic amines) is 1. The molecule has 1 aliphatic carbocycles. The molecular formula is C24H24N4O2. The van der Waals surface area contributed by atoms with Gasteiger partial charge in [-0.1, -0.05) is 49.4 Å². The summed E-state index contributed by atoms with van der Waals surface area (Å²) >= 11 is 0. The van der Waals surface area contributed by atoms with Crippen LogP contribution in [0.25, 0.3) is 16.9 Å². The van der Waals surface area contributed by atoms with Gasteiger partial charge in [-0.2, -0.15) is 0 Å². The van der Waals surface area contributed by atoms with Crippen LogP contribution in [0, 0.1) is 18.3 Å². The van der Waals surface area contributed by atoms with Gasteiger partial charge < -0.3 is 4.90 Å². The summed E-state index contributed by atoms with van der Waals surface area (Å²) in [6, 6.07) is 9.87. The van der Waals surface area contributed by atoms with Crippen LogP contribution in [0.2, 0.25) is 0 Å². The molecule has 2 aliphatic rings. The quantitative estimate of drug-likeness (QED) is 0.685. The summed E-state index contributed by atoms with van der Waals surface area (Å²) in [6.45, 7) is 1.08. The maximum atomic E-state index is 12.8. The first-order valence-electron chi connectivity index (χ1n) is 10.6. The first-order valence-corrected chi connectivity index (χ1v) is 10.6. The van der Waals surface area contributed by atoms with E-state index in [0.29, 0.717) is 35.9 Å². The maximum Gasteiger partial charge on any atom is 0.273 e. The summed E-state index contributed by atoms with van der Waals surface area (Å²) < 4.78 is 1.31. The number of terminal acetylenes is 1. The Morgan fingerprint density at radius 1 is 1.13 bits per heavy atom. The first-order chi connectivity index (χ1) is 14.6. The van der Waals surface area contributed by atoms with E-state index in [1.807, 2.05) is 12.1 Å². The molecule has 6 heteroatoms. The minimum atomic E-state index is -0.240. The van der Waals surface area contributed by atoms with Gasteiger partial charge in [-0.25, -0.2) is 9.50 Å². The van der Waals surface area contributed by atoms with Gasteiger partial charge in [0.05, 0.1) is 11.6 Å². The number of aromatic nitrogens is 3. The fourth-order valence-electron chi connectivity index (χ4n) is 4.57. The molecule has 1 saturated carbocycles. The van der Waals surface area contributed by atoms with E-state index in [1.165, 1.54) is 48.2 Å². The minimum absolute atomic E-state index is 0.105. The normalized spacial score (nSPS) is 17.6. The standard InChI is InChI=1S/C24H24N4O2/c1-2-16-14-27(15-16)24(30)20-13-25-28-22(29)12-21(26-23(20)28)19-10-8-18(9-11-19)17-6-4-3-5-7-17/h1,8-13,16-17,25H,3-7,14-15H2. The summed E-state index contributed by atoms with van der Waals surface area (Å²) in [6.07, 6.45) is 13.4. The molecule has 2 aromatic heterocycles. The summed E-state index contributed by atoms with van der Waals surface area (Å²) in [4.78, 5) is 31.8. The van der Waals surface area contributed by atoms with Gasteiger partial charge in [0.15, 0.2) is 5.65 Å². The van der Waals surface area contributed by atoms with Crippen LogP contribution < -0.4 is 5.56 Å². The van der Waals surface area contributed by atoms with Gasteiger partial charge in [-0.15, -0.1) is 6.42 Å². The van der Waals surface area contributed by atoms with E-state index in [1.54, 1.807) is 11.1 Å². The van der Waals surface area contributed by atoms with Crippen molar-refractivity contribution in [1.29, 1.82) is 0 Å². The zero-order chi connectivity index (χ0) is 20.7. The lowest BCUT2D eigenvalue weighted by atomic mass is 9.84. The average molecular weight is 400 g/mol. The van der Waals surface area contributed by atoms with Crippen molar-refractivity contribution in [2.24, 2.45) is 5.92 Å². The van der Waals surface area contributed by atoms with E-state index >= 15 is 0 Å². The van der Waals surface area contributed by atoms with Crippen molar-refractivity contribution in [2.75, 3.05) is 13.1 Å². The Morgan fingerprint density at radius 2 is 1.87 bits per heavy atom. The molecule has 1 aliphatic heterocycles. The number of nitrogens with zero attached hydrogens (tertiary/aromatic N) is 3. The Labute approximate surface area is 174 Å². The van der Waals surface area contributed by atoms with E-state index in [0.717, 1.165) is 5.56 Å². The fraction of sp³-hybridized carbons (Fsp3) is 0.375. The number of carbonyl (C=O) groups is 1. The van der Waals surface area contributed by atoms with Crippen molar-refractivity contribution < 1.29 is 4.79 Å². The van der Waals surface area contributed by atoms with Crippen molar-refractivity contribution in [3.63, 3.8) is 0 Å². The van der Waals surface area contributed by atoms with Crippen LogP contribution in [0.15, 0.2) is 41.3 Å². The van der Waals surface area contributed by atoms with Crippen LogP contribution in [0.1, 0.15) is 53.9 Å². The average Bonchev–Trinajstić information content (AvgIpc) is 3.18. The van der Waals surface area contributed by atoms with Gasteiger partial charge in [0.1, 0.15) is 5.56 Å². The number of fused-ring (bicyclic) bond motifs is 1. The first kappa shape index (κ1) is 18.7. The van der Waals surface area contributed by atoms with Crippen molar-refractivity contribution in [3.8, 4) is 23.6 Å². The molecule has 152 valence electrons. The second-order valence-electron chi connectivity index (χ2n) is 8.36. The van der Waals surface area contributed by atoms with Crippen LogP contribution in [0.5, 0.6) is 0 Å². The van der Waals surface area contributed by atoms with E-state index in [4.69, 9.17) is 6.42 Å². The number of rotatable bonds is 3.